The summed E-state index contributed by atoms with van der Waals surface area (Å²) in [7, 11) is 0. The Kier molecular flexibility index (Phi) is 4.86. The van der Waals surface area contributed by atoms with E-state index in [0.29, 0.717) is 19.6 Å². The predicted octanol–water partition coefficient (Wildman–Crippen LogP) is 2.43. The van der Waals surface area contributed by atoms with Gasteiger partial charge in [0.15, 0.2) is 17.3 Å². The third kappa shape index (κ3) is 3.37. The van der Waals surface area contributed by atoms with Crippen LogP contribution in [-0.2, 0) is 19.1 Å². The molecule has 2 aliphatic heterocycles. The average Bonchev–Trinajstić information content (AvgIpc) is 2.96. The maximum Gasteiger partial charge on any atom is 0.339 e. The van der Waals surface area contributed by atoms with Crippen LogP contribution < -0.4 is 5.32 Å². The second kappa shape index (κ2) is 7.06. The summed E-state index contributed by atoms with van der Waals surface area (Å²) in [5, 5.41) is 31.5. The van der Waals surface area contributed by atoms with Crippen LogP contribution >= 0.6 is 0 Å². The number of benzene rings is 1. The van der Waals surface area contributed by atoms with Gasteiger partial charge in [-0.1, -0.05) is 13.0 Å². The summed E-state index contributed by atoms with van der Waals surface area (Å²) in [6, 6.07) is 2.12. The van der Waals surface area contributed by atoms with Crippen molar-refractivity contribution in [3.63, 3.8) is 0 Å². The van der Waals surface area contributed by atoms with E-state index < -0.39 is 40.1 Å². The van der Waals surface area contributed by atoms with Crippen molar-refractivity contribution >= 4 is 23.3 Å². The maximum atomic E-state index is 12.9. The number of carboxylic acids is 1. The summed E-state index contributed by atoms with van der Waals surface area (Å²) < 4.78 is 11.8. The second-order valence-electron chi connectivity index (χ2n) is 9.02. The van der Waals surface area contributed by atoms with Gasteiger partial charge in [-0.2, -0.15) is 0 Å². The second-order valence-corrected chi connectivity index (χ2v) is 9.02. The summed E-state index contributed by atoms with van der Waals surface area (Å²) in [6.45, 7) is 4.50. The van der Waals surface area contributed by atoms with Crippen LogP contribution in [0.3, 0.4) is 0 Å². The highest BCUT2D eigenvalue weighted by Gasteiger charge is 2.62. The molecule has 2 bridgehead atoms. The molecule has 0 saturated carbocycles. The Labute approximate surface area is 178 Å². The Morgan fingerprint density at radius 3 is 2.68 bits per heavy atom. The molecule has 166 valence electrons. The van der Waals surface area contributed by atoms with Gasteiger partial charge in [0.2, 0.25) is 5.91 Å². The molecule has 2 heterocycles. The summed E-state index contributed by atoms with van der Waals surface area (Å²) in [5.74, 6) is -4.05. The molecule has 4 rings (SSSR count). The first-order chi connectivity index (χ1) is 14.5. The SMILES string of the molecule is C[C@@]12C[C@]3(C=CC(=O)[C@@](C)(CCC(=O)Nc4c(O)ccc(C(=O)O)c4O)[C@H]3CO1)CO2. The van der Waals surface area contributed by atoms with Gasteiger partial charge in [0.25, 0.3) is 0 Å². The monoisotopic (exact) mass is 431 g/mol. The van der Waals surface area contributed by atoms with Crippen LogP contribution in [0.2, 0.25) is 0 Å². The van der Waals surface area contributed by atoms with E-state index in [2.05, 4.69) is 5.32 Å². The number of carboxylic acid groups (broad SMARTS) is 1. The molecule has 2 fully saturated rings. The van der Waals surface area contributed by atoms with E-state index in [1.54, 1.807) is 6.08 Å². The largest absolute Gasteiger partial charge is 0.506 e. The summed E-state index contributed by atoms with van der Waals surface area (Å²) in [6.07, 6.45) is 4.28. The predicted molar refractivity (Wildman–Crippen MR) is 108 cm³/mol. The first kappa shape index (κ1) is 21.3. The maximum absolute atomic E-state index is 12.9. The average molecular weight is 431 g/mol. The van der Waals surface area contributed by atoms with Gasteiger partial charge in [0.05, 0.1) is 13.2 Å². The number of aromatic carboxylic acids is 1. The topological polar surface area (TPSA) is 142 Å². The standard InChI is InChI=1S/C22H25NO8/c1-20(14-9-30-21(2)10-22(14,11-31-21)8-5-15(20)25)7-6-16(26)23-17-13(24)4-3-12(18(17)27)19(28)29/h3-5,8,14,24,27H,6-7,9-11H2,1-2H3,(H,23,26)(H,28,29)/t14-,20+,21-,22-/m1/s1. The lowest BCUT2D eigenvalue weighted by Crippen LogP contribution is -2.54. The van der Waals surface area contributed by atoms with Crippen LogP contribution in [-0.4, -0.2) is 52.0 Å². The van der Waals surface area contributed by atoms with E-state index in [4.69, 9.17) is 14.6 Å². The van der Waals surface area contributed by atoms with Crippen molar-refractivity contribution in [3.05, 3.63) is 29.8 Å². The summed E-state index contributed by atoms with van der Waals surface area (Å²) in [4.78, 5) is 36.6. The number of phenols is 2. The number of ether oxygens (including phenoxy) is 2. The van der Waals surface area contributed by atoms with E-state index in [-0.39, 0.29) is 35.6 Å². The Balaban J connectivity index is 1.51. The number of hydrogen-bond donors (Lipinski definition) is 4. The first-order valence-corrected chi connectivity index (χ1v) is 10.1. The smallest absolute Gasteiger partial charge is 0.339 e. The highest BCUT2D eigenvalue weighted by Crippen LogP contribution is 2.59. The minimum Gasteiger partial charge on any atom is -0.506 e. The minimum atomic E-state index is -1.39. The molecule has 1 aliphatic carbocycles. The van der Waals surface area contributed by atoms with Crippen molar-refractivity contribution in [3.8, 4) is 11.5 Å². The Bertz CT molecular complexity index is 1000. The number of nitrogens with one attached hydrogen (secondary N) is 1. The number of amides is 1. The van der Waals surface area contributed by atoms with Crippen molar-refractivity contribution in [1.82, 2.24) is 0 Å². The lowest BCUT2D eigenvalue weighted by Gasteiger charge is -2.50. The van der Waals surface area contributed by atoms with Crippen LogP contribution in [0.25, 0.3) is 0 Å². The number of anilines is 1. The van der Waals surface area contributed by atoms with Gasteiger partial charge in [-0.25, -0.2) is 4.79 Å². The van der Waals surface area contributed by atoms with E-state index in [1.165, 1.54) is 0 Å². The molecule has 1 aromatic rings. The number of carbonyl (C=O) groups is 3. The molecule has 1 spiro atoms. The van der Waals surface area contributed by atoms with E-state index >= 15 is 0 Å². The van der Waals surface area contributed by atoms with Gasteiger partial charge in [-0.15, -0.1) is 0 Å². The van der Waals surface area contributed by atoms with Gasteiger partial charge in [-0.3, -0.25) is 9.59 Å². The quantitative estimate of drug-likeness (QED) is 0.521. The van der Waals surface area contributed by atoms with E-state index in [1.807, 2.05) is 19.9 Å². The number of fused-ring (bicyclic) bond motifs is 1. The molecule has 4 N–H and O–H groups in total. The highest BCUT2D eigenvalue weighted by molar-refractivity contribution is 6.00. The fraction of sp³-hybridized carbons (Fsp3) is 0.500. The van der Waals surface area contributed by atoms with Crippen molar-refractivity contribution in [2.24, 2.45) is 16.7 Å². The Morgan fingerprint density at radius 1 is 1.23 bits per heavy atom. The highest BCUT2D eigenvalue weighted by atomic mass is 16.7. The lowest BCUT2D eigenvalue weighted by molar-refractivity contribution is -0.219. The van der Waals surface area contributed by atoms with Crippen LogP contribution in [0.4, 0.5) is 5.69 Å². The molecule has 0 aromatic heterocycles. The van der Waals surface area contributed by atoms with Crippen molar-refractivity contribution in [2.45, 2.75) is 38.9 Å². The summed E-state index contributed by atoms with van der Waals surface area (Å²) >= 11 is 0. The fourth-order valence-electron chi connectivity index (χ4n) is 5.12. The zero-order valence-electron chi connectivity index (χ0n) is 17.3. The van der Waals surface area contributed by atoms with Crippen LogP contribution in [0.15, 0.2) is 24.3 Å². The molecular weight excluding hydrogens is 406 g/mol. The molecule has 0 unspecified atom stereocenters. The molecule has 9 nitrogen and oxygen atoms in total. The summed E-state index contributed by atoms with van der Waals surface area (Å²) in [5.41, 5.74) is -1.99. The van der Waals surface area contributed by atoms with Crippen LogP contribution in [0.5, 0.6) is 11.5 Å². The molecule has 1 aromatic carbocycles. The number of carbonyl (C=O) groups excluding carboxylic acids is 2. The number of ketones is 1. The first-order valence-electron chi connectivity index (χ1n) is 10.1. The molecule has 1 amide bonds. The molecule has 3 aliphatic rings. The minimum absolute atomic E-state index is 0.0725. The molecule has 31 heavy (non-hydrogen) atoms. The zero-order valence-corrected chi connectivity index (χ0v) is 17.3. The van der Waals surface area contributed by atoms with Crippen LogP contribution in [0.1, 0.15) is 43.5 Å². The zero-order chi connectivity index (χ0) is 22.6. The van der Waals surface area contributed by atoms with Crippen molar-refractivity contribution in [2.75, 3.05) is 18.5 Å². The fourth-order valence-corrected chi connectivity index (χ4v) is 5.12. The van der Waals surface area contributed by atoms with Gasteiger partial charge in [0, 0.05) is 29.6 Å². The number of hydrogen-bond acceptors (Lipinski definition) is 7. The van der Waals surface area contributed by atoms with Crippen LogP contribution in [0, 0.1) is 16.7 Å². The van der Waals surface area contributed by atoms with Crippen molar-refractivity contribution < 1.29 is 39.2 Å². The van der Waals surface area contributed by atoms with Gasteiger partial charge >= 0.3 is 5.97 Å². The third-order valence-corrected chi connectivity index (χ3v) is 6.97. The number of allylic oxidation sites excluding steroid dienone is 1. The normalized spacial score (nSPS) is 33.7. The van der Waals surface area contributed by atoms with Gasteiger partial charge < -0.3 is 30.1 Å². The Hall–Kier alpha value is -2.91. The number of phenolic OH excluding ortho intramolecular Hbond substituents is 1. The lowest BCUT2D eigenvalue weighted by atomic mass is 9.55. The molecular formula is C22H25NO8. The number of rotatable bonds is 5. The van der Waals surface area contributed by atoms with Gasteiger partial charge in [0.1, 0.15) is 17.0 Å². The molecule has 0 radical (unpaired) electrons. The van der Waals surface area contributed by atoms with E-state index in [0.717, 1.165) is 12.1 Å². The third-order valence-electron chi connectivity index (χ3n) is 6.97. The molecule has 2 saturated heterocycles. The number of aromatic hydroxyl groups is 2. The van der Waals surface area contributed by atoms with E-state index in [9.17, 15) is 24.6 Å². The molecule has 9 heteroatoms. The van der Waals surface area contributed by atoms with Gasteiger partial charge in [-0.05, 0) is 31.6 Å². The molecule has 4 atom stereocenters. The van der Waals surface area contributed by atoms with Crippen molar-refractivity contribution in [1.29, 1.82) is 0 Å². The Morgan fingerprint density at radius 2 is 1.97 bits per heavy atom.